The molecule has 0 aromatic heterocycles. The minimum Gasteiger partial charge on any atom is -0.396 e. The second-order valence-electron chi connectivity index (χ2n) is 12.9. The van der Waals surface area contributed by atoms with E-state index in [1.54, 1.807) is 12.2 Å². The molecule has 19 nitrogen and oxygen atoms in total. The van der Waals surface area contributed by atoms with Crippen LogP contribution in [0.3, 0.4) is 0 Å². The van der Waals surface area contributed by atoms with Crippen LogP contribution in [0, 0.1) is 11.8 Å². The van der Waals surface area contributed by atoms with Crippen molar-refractivity contribution in [1.29, 1.82) is 0 Å². The normalized spacial score (nSPS) is 45.2. The van der Waals surface area contributed by atoms with Gasteiger partial charge in [-0.05, 0) is 18.8 Å². The summed E-state index contributed by atoms with van der Waals surface area (Å²) < 4.78 is 35.9. The van der Waals surface area contributed by atoms with Crippen LogP contribution in [0.5, 0.6) is 0 Å². The molecule has 0 bridgehead atoms. The number of aliphatic hydroxyl groups excluding tert-OH is 8. The van der Waals surface area contributed by atoms with Gasteiger partial charge >= 0.3 is 0 Å². The Hall–Kier alpha value is -1.02. The molecule has 19 heteroatoms. The van der Waals surface area contributed by atoms with Crippen molar-refractivity contribution in [2.24, 2.45) is 34.8 Å². The van der Waals surface area contributed by atoms with Crippen molar-refractivity contribution in [3.8, 4) is 0 Å². The van der Waals surface area contributed by atoms with Gasteiger partial charge in [-0.15, -0.1) is 0 Å². The van der Waals surface area contributed by atoms with Crippen LogP contribution in [0.1, 0.15) is 12.8 Å². The third-order valence-electron chi connectivity index (χ3n) is 9.42. The fourth-order valence-electron chi connectivity index (χ4n) is 6.62. The number of ether oxygens (including phenoxy) is 6. The number of rotatable bonds is 16. The fourth-order valence-corrected chi connectivity index (χ4v) is 6.62. The minimum absolute atomic E-state index is 0.0593. The average Bonchev–Trinajstić information content (AvgIpc) is 3.38. The van der Waals surface area contributed by atoms with Crippen LogP contribution in [0.25, 0.3) is 0 Å². The molecule has 0 unspecified atom stereocenters. The maximum absolute atomic E-state index is 11.6. The van der Waals surface area contributed by atoms with E-state index in [9.17, 15) is 35.7 Å². The number of aliphatic hydroxyl groups is 8. The molecule has 0 aromatic rings. The monoisotopic (exact) mass is 697 g/mol. The zero-order valence-electron chi connectivity index (χ0n) is 26.7. The zero-order chi connectivity index (χ0) is 35.1. The van der Waals surface area contributed by atoms with Gasteiger partial charge in [-0.25, -0.2) is 0 Å². The third-order valence-corrected chi connectivity index (χ3v) is 9.42. The Labute approximate surface area is 278 Å². The van der Waals surface area contributed by atoms with Crippen LogP contribution in [0.4, 0.5) is 0 Å². The molecule has 3 fully saturated rings. The van der Waals surface area contributed by atoms with E-state index in [2.05, 4.69) is 5.32 Å². The number of nitrogens with two attached hydrogens (primary N) is 4. The largest absolute Gasteiger partial charge is 0.396 e. The number of hydrogen-bond acceptors (Lipinski definition) is 19. The van der Waals surface area contributed by atoms with Gasteiger partial charge in [0, 0.05) is 44.8 Å². The SMILES string of the molecule is NC[C@@H]1O[C@H](O[C@H]2[C@@H](O)[C@H](O[C@@H]3[C@@H](O)[C@H](CC(CO)CO)C[C@H](N)[C@H]3O[C@H]3O[C@H](CNCCO)C=C[C@H]3N)O[C@@H]2CO)[C@H](N)[C@@H](O)[C@@H]1O. The van der Waals surface area contributed by atoms with Crippen molar-refractivity contribution in [2.45, 2.75) is 111 Å². The molecule has 0 amide bonds. The molecule has 0 radical (unpaired) electrons. The molecular formula is C29H55N5O14. The maximum Gasteiger partial charge on any atom is 0.187 e. The Morgan fingerprint density at radius 2 is 1.42 bits per heavy atom. The van der Waals surface area contributed by atoms with Crippen molar-refractivity contribution in [1.82, 2.24) is 5.32 Å². The van der Waals surface area contributed by atoms with Crippen molar-refractivity contribution >= 4 is 0 Å². The van der Waals surface area contributed by atoms with Gasteiger partial charge in [0.15, 0.2) is 18.9 Å². The highest BCUT2D eigenvalue weighted by atomic mass is 16.8. The molecule has 4 rings (SSSR count). The summed E-state index contributed by atoms with van der Waals surface area (Å²) in [6, 6.07) is -2.73. The molecule has 1 saturated carbocycles. The average molecular weight is 698 g/mol. The van der Waals surface area contributed by atoms with E-state index in [1.165, 1.54) is 0 Å². The van der Waals surface area contributed by atoms with Gasteiger partial charge in [-0.1, -0.05) is 12.2 Å². The topological polar surface area (TPSA) is 333 Å². The first-order valence-corrected chi connectivity index (χ1v) is 16.4. The highest BCUT2D eigenvalue weighted by Gasteiger charge is 2.54. The van der Waals surface area contributed by atoms with Gasteiger partial charge in [0.1, 0.15) is 48.8 Å². The Morgan fingerprint density at radius 3 is 2.06 bits per heavy atom. The summed E-state index contributed by atoms with van der Waals surface area (Å²) in [5, 5.41) is 85.2. The van der Waals surface area contributed by atoms with Crippen LogP contribution in [-0.4, -0.2) is 185 Å². The van der Waals surface area contributed by atoms with E-state index in [4.69, 9.17) is 56.5 Å². The van der Waals surface area contributed by atoms with E-state index in [0.717, 1.165) is 0 Å². The van der Waals surface area contributed by atoms with Gasteiger partial charge < -0.3 is 97.5 Å². The first-order valence-electron chi connectivity index (χ1n) is 16.4. The highest BCUT2D eigenvalue weighted by Crippen LogP contribution is 2.37. The number of hydrogen-bond donors (Lipinski definition) is 13. The summed E-state index contributed by atoms with van der Waals surface area (Å²) in [5.41, 5.74) is 24.6. The summed E-state index contributed by atoms with van der Waals surface area (Å²) in [4.78, 5) is 0. The smallest absolute Gasteiger partial charge is 0.187 e. The highest BCUT2D eigenvalue weighted by molar-refractivity contribution is 5.05. The first-order chi connectivity index (χ1) is 23.0. The molecule has 3 aliphatic heterocycles. The van der Waals surface area contributed by atoms with E-state index in [0.29, 0.717) is 13.1 Å². The van der Waals surface area contributed by atoms with Gasteiger partial charge in [0.05, 0.1) is 37.5 Å². The molecule has 17 atom stereocenters. The molecule has 1 aliphatic carbocycles. The summed E-state index contributed by atoms with van der Waals surface area (Å²) >= 11 is 0. The van der Waals surface area contributed by atoms with Crippen LogP contribution >= 0.6 is 0 Å². The predicted octanol–water partition coefficient (Wildman–Crippen LogP) is -7.16. The van der Waals surface area contributed by atoms with Crippen molar-refractivity contribution in [3.05, 3.63) is 12.2 Å². The number of nitrogens with one attached hydrogen (secondary N) is 1. The molecule has 4 aliphatic rings. The quantitative estimate of drug-likeness (QED) is 0.0526. The zero-order valence-corrected chi connectivity index (χ0v) is 26.7. The Bertz CT molecular complexity index is 987. The molecule has 0 spiro atoms. The molecule has 0 aromatic carbocycles. The van der Waals surface area contributed by atoms with Crippen LogP contribution in [0.2, 0.25) is 0 Å². The molecule has 3 heterocycles. The van der Waals surface area contributed by atoms with E-state index < -0.39 is 116 Å². The summed E-state index contributed by atoms with van der Waals surface area (Å²) in [7, 11) is 0. The Kier molecular flexibility index (Phi) is 15.3. The Balaban J connectivity index is 1.53. The van der Waals surface area contributed by atoms with E-state index in [-0.39, 0.29) is 39.2 Å². The lowest BCUT2D eigenvalue weighted by Crippen LogP contribution is -2.64. The second-order valence-corrected chi connectivity index (χ2v) is 12.9. The molecule has 2 saturated heterocycles. The van der Waals surface area contributed by atoms with Gasteiger partial charge in [-0.3, -0.25) is 0 Å². The molecular weight excluding hydrogens is 642 g/mol. The van der Waals surface area contributed by atoms with E-state index in [1.807, 2.05) is 0 Å². The third kappa shape index (κ3) is 9.25. The maximum atomic E-state index is 11.6. The lowest BCUT2D eigenvalue weighted by atomic mass is 9.75. The van der Waals surface area contributed by atoms with Crippen LogP contribution < -0.4 is 28.3 Å². The van der Waals surface area contributed by atoms with Crippen molar-refractivity contribution < 1.29 is 69.3 Å². The lowest BCUT2D eigenvalue weighted by molar-refractivity contribution is -0.286. The molecule has 17 N–H and O–H groups in total. The van der Waals surface area contributed by atoms with Crippen LogP contribution in [0.15, 0.2) is 12.2 Å². The second kappa shape index (κ2) is 18.5. The van der Waals surface area contributed by atoms with Gasteiger partial charge in [0.2, 0.25) is 0 Å². The minimum atomic E-state index is -1.59. The van der Waals surface area contributed by atoms with E-state index >= 15 is 0 Å². The van der Waals surface area contributed by atoms with Gasteiger partial charge in [0.25, 0.3) is 0 Å². The van der Waals surface area contributed by atoms with Crippen molar-refractivity contribution in [3.63, 3.8) is 0 Å². The predicted molar refractivity (Wildman–Crippen MR) is 164 cm³/mol. The summed E-state index contributed by atoms with van der Waals surface area (Å²) in [6.07, 6.45) is -12.0. The summed E-state index contributed by atoms with van der Waals surface area (Å²) in [6.45, 7) is -0.804. The summed E-state index contributed by atoms with van der Waals surface area (Å²) in [5.74, 6) is -1.11. The lowest BCUT2D eigenvalue weighted by Gasteiger charge is -2.46. The molecule has 280 valence electrons. The van der Waals surface area contributed by atoms with Crippen molar-refractivity contribution in [2.75, 3.05) is 46.1 Å². The fraction of sp³-hybridized carbons (Fsp3) is 0.931. The standard InChI is InChI=1S/C29H55N5O14/c30-7-17-21(40)22(41)19(33)28(44-17)47-25-18(11-38)45-29(23(25)42)48-26-20(39)13(5-12(9-36)10-37)6-16(32)24(26)46-27-15(31)2-1-14(43-27)8-34-3-4-35/h1-2,12-29,34-42H,3-11,30-33H2/t13-,14+,15-,16+,17+,18-,19-,20+,21-,22-,23-,24-,25-,26-,27-,28-,29+/m1/s1. The molecule has 48 heavy (non-hydrogen) atoms. The van der Waals surface area contributed by atoms with Crippen LogP contribution in [-0.2, 0) is 28.4 Å². The first kappa shape index (κ1) is 39.8. The van der Waals surface area contributed by atoms with Gasteiger partial charge in [-0.2, -0.15) is 0 Å². The Morgan fingerprint density at radius 1 is 0.750 bits per heavy atom.